The summed E-state index contributed by atoms with van der Waals surface area (Å²) in [5, 5.41) is 0. The maximum Gasteiger partial charge on any atom is 0.333 e. The highest BCUT2D eigenvalue weighted by molar-refractivity contribution is 5.87. The van der Waals surface area contributed by atoms with Crippen molar-refractivity contribution < 1.29 is 57.1 Å². The lowest BCUT2D eigenvalue weighted by Crippen LogP contribution is -2.31. The van der Waals surface area contributed by atoms with Crippen molar-refractivity contribution in [3.63, 3.8) is 0 Å². The van der Waals surface area contributed by atoms with Crippen molar-refractivity contribution in [2.24, 2.45) is 35.5 Å². The third-order valence-electron chi connectivity index (χ3n) is 13.9. The van der Waals surface area contributed by atoms with Gasteiger partial charge in [0.15, 0.2) is 0 Å². The van der Waals surface area contributed by atoms with E-state index < -0.39 is 0 Å². The third kappa shape index (κ3) is 11.5. The molecule has 10 aliphatic rings. The second-order valence-electron chi connectivity index (χ2n) is 18.3. The molecule has 0 amide bonds. The van der Waals surface area contributed by atoms with Crippen LogP contribution in [0.15, 0.2) is 49.6 Å². The fraction of sp³-hybridized carbons (Fsp3) is 0.739. The van der Waals surface area contributed by atoms with Crippen LogP contribution in [0.2, 0.25) is 0 Å². The average molecular weight is 809 g/mol. The number of esters is 4. The van der Waals surface area contributed by atoms with Crippen molar-refractivity contribution in [3.8, 4) is 0 Å². The van der Waals surface area contributed by atoms with Gasteiger partial charge in [-0.15, -0.1) is 0 Å². The fourth-order valence-electron chi connectivity index (χ4n) is 10.4. The van der Waals surface area contributed by atoms with E-state index in [1.54, 1.807) is 13.8 Å². The number of carbonyl (C=O) groups is 4. The fourth-order valence-corrected chi connectivity index (χ4v) is 10.4. The Kier molecular flexibility index (Phi) is 14.0. The minimum absolute atomic E-state index is 0.0911. The Labute approximate surface area is 343 Å². The first kappa shape index (κ1) is 42.8. The molecular formula is C46H64O12. The number of ether oxygens (including phenoxy) is 8. The average Bonchev–Trinajstić information content (AvgIpc) is 4.08. The van der Waals surface area contributed by atoms with Gasteiger partial charge >= 0.3 is 23.9 Å². The lowest BCUT2D eigenvalue weighted by Gasteiger charge is -2.32. The van der Waals surface area contributed by atoms with Gasteiger partial charge in [-0.25, -0.2) is 19.2 Å². The second kappa shape index (κ2) is 18.9. The highest BCUT2D eigenvalue weighted by atomic mass is 16.6. The normalized spacial score (nSPS) is 40.7. The molecule has 320 valence electrons. The number of epoxide rings is 4. The second-order valence-corrected chi connectivity index (χ2v) is 18.3. The van der Waals surface area contributed by atoms with E-state index in [1.807, 2.05) is 0 Å². The lowest BCUT2D eigenvalue weighted by molar-refractivity contribution is -0.147. The Hall–Kier alpha value is -3.32. The zero-order chi connectivity index (χ0) is 41.1. The summed E-state index contributed by atoms with van der Waals surface area (Å²) in [7, 11) is 0. The molecule has 12 nitrogen and oxygen atoms in total. The molecule has 10 rings (SSSR count). The molecule has 4 saturated heterocycles. The van der Waals surface area contributed by atoms with Gasteiger partial charge in [0.2, 0.25) is 0 Å². The minimum atomic E-state index is -0.321. The molecule has 0 aromatic carbocycles. The van der Waals surface area contributed by atoms with Gasteiger partial charge in [0, 0.05) is 23.3 Å². The van der Waals surface area contributed by atoms with Crippen molar-refractivity contribution in [2.75, 3.05) is 13.2 Å². The summed E-state index contributed by atoms with van der Waals surface area (Å²) in [6, 6.07) is 0. The Morgan fingerprint density at radius 1 is 0.517 bits per heavy atom. The van der Waals surface area contributed by atoms with Crippen LogP contribution in [0.4, 0.5) is 0 Å². The van der Waals surface area contributed by atoms with Gasteiger partial charge in [-0.1, -0.05) is 26.3 Å². The number of rotatable bonds is 10. The molecule has 0 aromatic rings. The molecule has 16 unspecified atom stereocenters. The molecule has 16 atom stereocenters. The highest BCUT2D eigenvalue weighted by Gasteiger charge is 2.58. The van der Waals surface area contributed by atoms with Gasteiger partial charge in [0.25, 0.3) is 0 Å². The van der Waals surface area contributed by atoms with Crippen molar-refractivity contribution in [2.45, 2.75) is 165 Å². The van der Waals surface area contributed by atoms with Gasteiger partial charge in [-0.2, -0.15) is 0 Å². The Balaban J connectivity index is 0.000000118. The maximum atomic E-state index is 11.4. The standard InChI is InChI=1S/C13H18O3.C12H16O3.C11H16O3.C10H14O3/c1-7(2)13(14)15-9-4-3-8-5-11-12(16-11)10(8)6-9;1-2-11(13)14-8-4-3-7-5-10-12(15-10)9(7)6-8;1-7(2)11(12)13-6-8-3-4-9-10(5-8)14-9;1-2-10(11)12-6-7-3-4-8-9(5-7)13-8/h8-12H,1,3-6H2,2H3;2,7-10,12H,1,3-6H2;8-10H,1,3-6H2,2H3;2,7-9H,1,3-6H2. The minimum Gasteiger partial charge on any atom is -0.462 e. The van der Waals surface area contributed by atoms with Crippen molar-refractivity contribution in [1.82, 2.24) is 0 Å². The van der Waals surface area contributed by atoms with Crippen LogP contribution >= 0.6 is 0 Å². The van der Waals surface area contributed by atoms with Crippen LogP contribution in [0.1, 0.15) is 104 Å². The van der Waals surface area contributed by atoms with Gasteiger partial charge in [0.05, 0.1) is 62.0 Å². The summed E-state index contributed by atoms with van der Waals surface area (Å²) in [6.07, 6.45) is 22.1. The first-order valence-corrected chi connectivity index (χ1v) is 21.8. The zero-order valence-electron chi connectivity index (χ0n) is 34.4. The van der Waals surface area contributed by atoms with Crippen LogP contribution in [0, 0.1) is 35.5 Å². The van der Waals surface area contributed by atoms with E-state index in [4.69, 9.17) is 37.9 Å². The summed E-state index contributed by atoms with van der Waals surface area (Å²) in [4.78, 5) is 44.4. The Bertz CT molecular complexity index is 1570. The molecule has 4 aliphatic heterocycles. The van der Waals surface area contributed by atoms with E-state index in [0.717, 1.165) is 76.0 Å². The highest BCUT2D eigenvalue weighted by Crippen LogP contribution is 2.54. The van der Waals surface area contributed by atoms with E-state index >= 15 is 0 Å². The molecule has 10 fully saturated rings. The molecule has 12 heteroatoms. The number of fused-ring (bicyclic) bond motifs is 8. The SMILES string of the molecule is C=C(C)C(=O)OC1CCC2CC3OC3C2C1.C=C(C)C(=O)OCC1CCC2OC2C1.C=CC(=O)OC1CCC2CC3OC3C2C1.C=CC(=O)OCC1CCC2OC2C1. The quantitative estimate of drug-likeness (QED) is 0.1000. The monoisotopic (exact) mass is 808 g/mol. The molecular weight excluding hydrogens is 744 g/mol. The van der Waals surface area contributed by atoms with Gasteiger partial charge in [-0.3, -0.25) is 0 Å². The maximum absolute atomic E-state index is 11.4. The van der Waals surface area contributed by atoms with Gasteiger partial charge < -0.3 is 37.9 Å². The van der Waals surface area contributed by atoms with Crippen LogP contribution in [-0.4, -0.2) is 98.1 Å². The van der Waals surface area contributed by atoms with Crippen LogP contribution in [-0.2, 0) is 57.1 Å². The van der Waals surface area contributed by atoms with E-state index in [-0.39, 0.29) is 36.1 Å². The summed E-state index contributed by atoms with van der Waals surface area (Å²) in [5.74, 6) is 2.79. The zero-order valence-corrected chi connectivity index (χ0v) is 34.4. The summed E-state index contributed by atoms with van der Waals surface area (Å²) in [5.41, 5.74) is 0.968. The van der Waals surface area contributed by atoms with Crippen LogP contribution in [0.3, 0.4) is 0 Å². The molecule has 6 saturated carbocycles. The number of hydrogen-bond donors (Lipinski definition) is 0. The molecule has 0 radical (unpaired) electrons. The smallest absolute Gasteiger partial charge is 0.333 e. The lowest BCUT2D eigenvalue weighted by atomic mass is 9.79. The van der Waals surface area contributed by atoms with Crippen LogP contribution < -0.4 is 0 Å². The summed E-state index contributed by atoms with van der Waals surface area (Å²) >= 11 is 0. The van der Waals surface area contributed by atoms with Crippen molar-refractivity contribution >= 4 is 23.9 Å². The van der Waals surface area contributed by atoms with Crippen molar-refractivity contribution in [1.29, 1.82) is 0 Å². The van der Waals surface area contributed by atoms with E-state index in [0.29, 0.717) is 96.9 Å². The largest absolute Gasteiger partial charge is 0.462 e. The Morgan fingerprint density at radius 3 is 1.47 bits per heavy atom. The number of hydrogen-bond acceptors (Lipinski definition) is 12. The predicted octanol–water partition coefficient (Wildman–Crippen LogP) is 6.69. The molecule has 0 bridgehead atoms. The van der Waals surface area contributed by atoms with E-state index in [9.17, 15) is 19.2 Å². The van der Waals surface area contributed by atoms with Gasteiger partial charge in [-0.05, 0) is 139 Å². The third-order valence-corrected chi connectivity index (χ3v) is 13.9. The molecule has 0 spiro atoms. The van der Waals surface area contributed by atoms with Crippen molar-refractivity contribution in [3.05, 3.63) is 49.6 Å². The van der Waals surface area contributed by atoms with Gasteiger partial charge in [0.1, 0.15) is 12.2 Å². The molecule has 6 aliphatic carbocycles. The van der Waals surface area contributed by atoms with Crippen LogP contribution in [0.5, 0.6) is 0 Å². The summed E-state index contributed by atoms with van der Waals surface area (Å²) < 4.78 is 42.7. The molecule has 0 N–H and O–H groups in total. The predicted molar refractivity (Wildman–Crippen MR) is 212 cm³/mol. The first-order chi connectivity index (χ1) is 27.9. The Morgan fingerprint density at radius 2 is 1.00 bits per heavy atom. The van der Waals surface area contributed by atoms with E-state index in [2.05, 4.69) is 26.3 Å². The number of carbonyl (C=O) groups excluding carboxylic acids is 4. The topological polar surface area (TPSA) is 155 Å². The summed E-state index contributed by atoms with van der Waals surface area (Å²) in [6.45, 7) is 18.3. The van der Waals surface area contributed by atoms with E-state index in [1.165, 1.54) is 37.8 Å². The van der Waals surface area contributed by atoms with Crippen LogP contribution in [0.25, 0.3) is 0 Å². The molecule has 0 aromatic heterocycles. The first-order valence-electron chi connectivity index (χ1n) is 21.8. The molecule has 58 heavy (non-hydrogen) atoms. The molecule has 4 heterocycles.